The molecule has 1 aliphatic heterocycles. The zero-order chi connectivity index (χ0) is 11.6. The molecule has 0 bridgehead atoms. The van der Waals surface area contributed by atoms with Gasteiger partial charge in [-0.25, -0.2) is 0 Å². The number of hydrogen-bond donors (Lipinski definition) is 2. The van der Waals surface area contributed by atoms with E-state index in [0.717, 1.165) is 32.5 Å². The van der Waals surface area contributed by atoms with Crippen LogP contribution in [0.1, 0.15) is 32.6 Å². The van der Waals surface area contributed by atoms with Gasteiger partial charge in [0.1, 0.15) is 0 Å². The van der Waals surface area contributed by atoms with Crippen molar-refractivity contribution in [2.45, 2.75) is 32.6 Å². The van der Waals surface area contributed by atoms with Gasteiger partial charge in [0.2, 0.25) is 5.91 Å². The molecule has 0 aliphatic carbocycles. The van der Waals surface area contributed by atoms with Crippen LogP contribution in [-0.4, -0.2) is 50.1 Å². The molecule has 1 saturated heterocycles. The van der Waals surface area contributed by atoms with Crippen LogP contribution in [0.25, 0.3) is 0 Å². The molecule has 0 atom stereocenters. The van der Waals surface area contributed by atoms with E-state index in [1.165, 1.54) is 25.9 Å². The van der Waals surface area contributed by atoms with Crippen LogP contribution in [-0.2, 0) is 4.79 Å². The summed E-state index contributed by atoms with van der Waals surface area (Å²) in [6, 6.07) is 0. The van der Waals surface area contributed by atoms with Crippen molar-refractivity contribution in [3.05, 3.63) is 0 Å². The van der Waals surface area contributed by atoms with Crippen molar-refractivity contribution in [1.29, 1.82) is 0 Å². The number of carbonyl (C=O) groups excluding carboxylic acids is 1. The summed E-state index contributed by atoms with van der Waals surface area (Å²) >= 11 is 0. The highest BCUT2D eigenvalue weighted by atomic mass is 16.1. The van der Waals surface area contributed by atoms with Crippen LogP contribution < -0.4 is 10.6 Å². The number of nitrogens with zero attached hydrogens (tertiary/aromatic N) is 1. The maximum absolute atomic E-state index is 11.3. The highest BCUT2D eigenvalue weighted by molar-refractivity contribution is 5.77. The fourth-order valence-corrected chi connectivity index (χ4v) is 1.98. The summed E-state index contributed by atoms with van der Waals surface area (Å²) in [5, 5.41) is 6.03. The third kappa shape index (κ3) is 6.08. The van der Waals surface area contributed by atoms with E-state index in [4.69, 9.17) is 0 Å². The molecule has 0 radical (unpaired) electrons. The average Bonchev–Trinajstić information content (AvgIpc) is 2.78. The van der Waals surface area contributed by atoms with Gasteiger partial charge in [0, 0.05) is 6.54 Å². The summed E-state index contributed by atoms with van der Waals surface area (Å²) in [4.78, 5) is 13.8. The Kier molecular flexibility index (Phi) is 7.17. The second kappa shape index (κ2) is 8.53. The Morgan fingerprint density at radius 3 is 2.69 bits per heavy atom. The van der Waals surface area contributed by atoms with Crippen LogP contribution in [0.2, 0.25) is 0 Å². The minimum atomic E-state index is 0.120. The van der Waals surface area contributed by atoms with E-state index < -0.39 is 0 Å². The standard InChI is InChI=1S/C12H25N3O/c1-2-6-13-11-12(16)14-7-5-10-15-8-3-4-9-15/h13H,2-11H2,1H3,(H,14,16). The molecule has 1 aliphatic rings. The number of hydrogen-bond acceptors (Lipinski definition) is 3. The first-order valence-electron chi connectivity index (χ1n) is 6.52. The second-order valence-electron chi connectivity index (χ2n) is 4.43. The quantitative estimate of drug-likeness (QED) is 0.597. The van der Waals surface area contributed by atoms with Gasteiger partial charge < -0.3 is 15.5 Å². The Balaban J connectivity index is 1.87. The Labute approximate surface area is 98.8 Å². The molecule has 1 fully saturated rings. The van der Waals surface area contributed by atoms with E-state index in [1.54, 1.807) is 0 Å². The second-order valence-corrected chi connectivity index (χ2v) is 4.43. The fourth-order valence-electron chi connectivity index (χ4n) is 1.98. The molecular formula is C12H25N3O. The summed E-state index contributed by atoms with van der Waals surface area (Å²) < 4.78 is 0. The number of nitrogens with one attached hydrogen (secondary N) is 2. The molecule has 0 aromatic carbocycles. The predicted molar refractivity (Wildman–Crippen MR) is 66.5 cm³/mol. The predicted octanol–water partition coefficient (Wildman–Crippen LogP) is 0.588. The molecule has 0 unspecified atom stereocenters. The minimum absolute atomic E-state index is 0.120. The number of likely N-dealkylation sites (tertiary alicyclic amines) is 1. The van der Waals surface area contributed by atoms with E-state index >= 15 is 0 Å². The molecule has 4 heteroatoms. The Morgan fingerprint density at radius 2 is 2.00 bits per heavy atom. The summed E-state index contributed by atoms with van der Waals surface area (Å²) in [7, 11) is 0. The SMILES string of the molecule is CCCNCC(=O)NCCCN1CCCC1. The van der Waals surface area contributed by atoms with E-state index in [-0.39, 0.29) is 5.91 Å². The molecule has 1 heterocycles. The topological polar surface area (TPSA) is 44.4 Å². The lowest BCUT2D eigenvalue weighted by Crippen LogP contribution is -2.35. The Hall–Kier alpha value is -0.610. The van der Waals surface area contributed by atoms with Gasteiger partial charge >= 0.3 is 0 Å². The van der Waals surface area contributed by atoms with Crippen LogP contribution in [0, 0.1) is 0 Å². The fraction of sp³-hybridized carbons (Fsp3) is 0.917. The zero-order valence-electron chi connectivity index (χ0n) is 10.4. The molecular weight excluding hydrogens is 202 g/mol. The van der Waals surface area contributed by atoms with Crippen molar-refractivity contribution >= 4 is 5.91 Å². The van der Waals surface area contributed by atoms with Crippen molar-refractivity contribution in [2.75, 3.05) is 39.3 Å². The van der Waals surface area contributed by atoms with Crippen LogP contribution in [0.3, 0.4) is 0 Å². The summed E-state index contributed by atoms with van der Waals surface area (Å²) in [5.41, 5.74) is 0. The van der Waals surface area contributed by atoms with Gasteiger partial charge in [-0.1, -0.05) is 6.92 Å². The van der Waals surface area contributed by atoms with Crippen molar-refractivity contribution in [1.82, 2.24) is 15.5 Å². The average molecular weight is 227 g/mol. The lowest BCUT2D eigenvalue weighted by molar-refractivity contribution is -0.120. The zero-order valence-corrected chi connectivity index (χ0v) is 10.4. The van der Waals surface area contributed by atoms with E-state index in [0.29, 0.717) is 6.54 Å². The van der Waals surface area contributed by atoms with Crippen molar-refractivity contribution in [3.8, 4) is 0 Å². The lowest BCUT2D eigenvalue weighted by atomic mass is 10.4. The summed E-state index contributed by atoms with van der Waals surface area (Å²) in [6.07, 6.45) is 4.82. The minimum Gasteiger partial charge on any atom is -0.355 e. The third-order valence-corrected chi connectivity index (χ3v) is 2.88. The highest BCUT2D eigenvalue weighted by Crippen LogP contribution is 2.06. The lowest BCUT2D eigenvalue weighted by Gasteiger charge is -2.14. The molecule has 0 saturated carbocycles. The number of carbonyl (C=O) groups is 1. The monoisotopic (exact) mass is 227 g/mol. The van der Waals surface area contributed by atoms with Crippen LogP contribution in [0.4, 0.5) is 0 Å². The molecule has 0 aromatic rings. The van der Waals surface area contributed by atoms with Gasteiger partial charge in [-0.05, 0) is 51.9 Å². The molecule has 16 heavy (non-hydrogen) atoms. The van der Waals surface area contributed by atoms with E-state index in [2.05, 4.69) is 22.5 Å². The van der Waals surface area contributed by atoms with Crippen molar-refractivity contribution < 1.29 is 4.79 Å². The largest absolute Gasteiger partial charge is 0.355 e. The highest BCUT2D eigenvalue weighted by Gasteiger charge is 2.10. The van der Waals surface area contributed by atoms with Crippen molar-refractivity contribution in [2.24, 2.45) is 0 Å². The third-order valence-electron chi connectivity index (χ3n) is 2.88. The van der Waals surface area contributed by atoms with Crippen LogP contribution in [0.5, 0.6) is 0 Å². The molecule has 4 nitrogen and oxygen atoms in total. The van der Waals surface area contributed by atoms with Gasteiger partial charge in [0.25, 0.3) is 0 Å². The molecule has 1 amide bonds. The first-order valence-corrected chi connectivity index (χ1v) is 6.52. The summed E-state index contributed by atoms with van der Waals surface area (Å²) in [6.45, 7) is 7.89. The first kappa shape index (κ1) is 13.5. The summed E-state index contributed by atoms with van der Waals surface area (Å²) in [5.74, 6) is 0.120. The Morgan fingerprint density at radius 1 is 1.25 bits per heavy atom. The first-order chi connectivity index (χ1) is 7.83. The molecule has 0 spiro atoms. The van der Waals surface area contributed by atoms with Gasteiger partial charge in [-0.2, -0.15) is 0 Å². The van der Waals surface area contributed by atoms with Crippen LogP contribution >= 0.6 is 0 Å². The van der Waals surface area contributed by atoms with Crippen LogP contribution in [0.15, 0.2) is 0 Å². The van der Waals surface area contributed by atoms with E-state index in [9.17, 15) is 4.79 Å². The van der Waals surface area contributed by atoms with Gasteiger partial charge in [0.15, 0.2) is 0 Å². The Bertz CT molecular complexity index is 191. The van der Waals surface area contributed by atoms with Gasteiger partial charge in [-0.3, -0.25) is 4.79 Å². The number of amides is 1. The molecule has 1 rings (SSSR count). The normalized spacial score (nSPS) is 16.6. The van der Waals surface area contributed by atoms with E-state index in [1.807, 2.05) is 0 Å². The maximum atomic E-state index is 11.3. The van der Waals surface area contributed by atoms with Crippen molar-refractivity contribution in [3.63, 3.8) is 0 Å². The molecule has 2 N–H and O–H groups in total. The smallest absolute Gasteiger partial charge is 0.233 e. The number of rotatable bonds is 8. The molecule has 0 aromatic heterocycles. The maximum Gasteiger partial charge on any atom is 0.233 e. The van der Waals surface area contributed by atoms with Gasteiger partial charge in [-0.15, -0.1) is 0 Å². The molecule has 94 valence electrons. The van der Waals surface area contributed by atoms with Gasteiger partial charge in [0.05, 0.1) is 6.54 Å².